The van der Waals surface area contributed by atoms with Gasteiger partial charge >= 0.3 is 0 Å². The Morgan fingerprint density at radius 3 is 2.80 bits per heavy atom. The van der Waals surface area contributed by atoms with Gasteiger partial charge in [0.2, 0.25) is 0 Å². The van der Waals surface area contributed by atoms with Gasteiger partial charge in [-0.25, -0.2) is 0 Å². The molecule has 15 heavy (non-hydrogen) atoms. The van der Waals surface area contributed by atoms with Crippen LogP contribution in [-0.2, 0) is 0 Å². The van der Waals surface area contributed by atoms with Gasteiger partial charge in [-0.3, -0.25) is 0 Å². The third kappa shape index (κ3) is 3.11. The molecule has 2 fully saturated rings. The normalized spacial score (nSPS) is 37.0. The van der Waals surface area contributed by atoms with Crippen molar-refractivity contribution in [2.24, 2.45) is 11.8 Å². The molecule has 2 saturated heterocycles. The molecule has 2 rings (SSSR count). The van der Waals surface area contributed by atoms with Gasteiger partial charge in [0, 0.05) is 30.1 Å². The molecule has 0 radical (unpaired) electrons. The highest BCUT2D eigenvalue weighted by molar-refractivity contribution is 8.00. The molecule has 2 aliphatic heterocycles. The van der Waals surface area contributed by atoms with Crippen LogP contribution in [0.4, 0.5) is 0 Å². The Hall–Kier alpha value is 0.270. The summed E-state index contributed by atoms with van der Waals surface area (Å²) in [6, 6.07) is 0. The van der Waals surface area contributed by atoms with Crippen molar-refractivity contribution in [2.75, 3.05) is 38.5 Å². The van der Waals surface area contributed by atoms with Crippen LogP contribution >= 0.6 is 11.8 Å². The maximum absolute atomic E-state index is 3.50. The predicted molar refractivity (Wildman–Crippen MR) is 68.5 cm³/mol. The molecule has 0 spiro atoms. The Kier molecular flexibility index (Phi) is 3.63. The Balaban J connectivity index is 1.83. The second-order valence-corrected chi connectivity index (χ2v) is 7.54. The van der Waals surface area contributed by atoms with Crippen molar-refractivity contribution in [1.29, 1.82) is 0 Å². The fourth-order valence-corrected chi connectivity index (χ4v) is 3.89. The van der Waals surface area contributed by atoms with E-state index in [4.69, 9.17) is 0 Å². The summed E-state index contributed by atoms with van der Waals surface area (Å²) < 4.78 is 0.466. The predicted octanol–water partition coefficient (Wildman–Crippen LogP) is 1.67. The molecule has 0 unspecified atom stereocenters. The summed E-state index contributed by atoms with van der Waals surface area (Å²) in [7, 11) is 0. The summed E-state index contributed by atoms with van der Waals surface area (Å²) in [6.45, 7) is 13.4. The molecule has 1 N–H and O–H groups in total. The molecule has 0 aromatic rings. The number of nitrogens with one attached hydrogen (secondary N) is 1. The van der Waals surface area contributed by atoms with E-state index in [1.165, 1.54) is 38.5 Å². The van der Waals surface area contributed by atoms with Gasteiger partial charge in [-0.05, 0) is 38.8 Å². The Morgan fingerprint density at radius 1 is 1.40 bits per heavy atom. The Morgan fingerprint density at radius 2 is 2.20 bits per heavy atom. The zero-order chi connectivity index (χ0) is 10.9. The SMILES string of the molecule is C[C@@H]1CNC[C@H]1CN1CCSC(C)(C)C1. The van der Waals surface area contributed by atoms with Crippen LogP contribution in [0.3, 0.4) is 0 Å². The van der Waals surface area contributed by atoms with Crippen LogP contribution in [0.25, 0.3) is 0 Å². The molecule has 0 bridgehead atoms. The molecule has 3 heteroatoms. The summed E-state index contributed by atoms with van der Waals surface area (Å²) in [5.41, 5.74) is 0. The maximum atomic E-state index is 3.50. The fraction of sp³-hybridized carbons (Fsp3) is 1.00. The van der Waals surface area contributed by atoms with E-state index in [0.29, 0.717) is 4.75 Å². The molecule has 0 saturated carbocycles. The summed E-state index contributed by atoms with van der Waals surface area (Å²) in [5.74, 6) is 3.05. The lowest BCUT2D eigenvalue weighted by Gasteiger charge is -2.39. The largest absolute Gasteiger partial charge is 0.316 e. The third-order valence-corrected chi connectivity index (χ3v) is 4.97. The van der Waals surface area contributed by atoms with Crippen LogP contribution in [0.5, 0.6) is 0 Å². The van der Waals surface area contributed by atoms with E-state index < -0.39 is 0 Å². The monoisotopic (exact) mass is 228 g/mol. The second-order valence-electron chi connectivity index (χ2n) is 5.74. The number of nitrogens with zero attached hydrogens (tertiary/aromatic N) is 1. The molecule has 2 heterocycles. The molecule has 2 nitrogen and oxygen atoms in total. The minimum Gasteiger partial charge on any atom is -0.316 e. The van der Waals surface area contributed by atoms with Crippen LogP contribution in [0.1, 0.15) is 20.8 Å². The second kappa shape index (κ2) is 4.64. The summed E-state index contributed by atoms with van der Waals surface area (Å²) in [4.78, 5) is 2.67. The first-order valence-electron chi connectivity index (χ1n) is 6.14. The van der Waals surface area contributed by atoms with Crippen molar-refractivity contribution in [3.05, 3.63) is 0 Å². The molecular formula is C12H24N2S. The highest BCUT2D eigenvalue weighted by Crippen LogP contribution is 2.30. The fourth-order valence-electron chi connectivity index (χ4n) is 2.71. The van der Waals surface area contributed by atoms with E-state index in [9.17, 15) is 0 Å². The molecular weight excluding hydrogens is 204 g/mol. The van der Waals surface area contributed by atoms with Crippen molar-refractivity contribution in [1.82, 2.24) is 10.2 Å². The molecule has 2 aliphatic rings. The topological polar surface area (TPSA) is 15.3 Å². The van der Waals surface area contributed by atoms with Gasteiger partial charge in [0.25, 0.3) is 0 Å². The van der Waals surface area contributed by atoms with Gasteiger partial charge in [0.1, 0.15) is 0 Å². The van der Waals surface area contributed by atoms with Crippen LogP contribution in [-0.4, -0.2) is 48.1 Å². The molecule has 2 atom stereocenters. The van der Waals surface area contributed by atoms with Gasteiger partial charge < -0.3 is 10.2 Å². The number of thioether (sulfide) groups is 1. The van der Waals surface area contributed by atoms with Gasteiger partial charge in [0.05, 0.1) is 0 Å². The van der Waals surface area contributed by atoms with E-state index in [-0.39, 0.29) is 0 Å². The first kappa shape index (κ1) is 11.7. The van der Waals surface area contributed by atoms with Crippen LogP contribution in [0.2, 0.25) is 0 Å². The van der Waals surface area contributed by atoms with Gasteiger partial charge in [-0.15, -0.1) is 0 Å². The van der Waals surface area contributed by atoms with Crippen molar-refractivity contribution >= 4 is 11.8 Å². The van der Waals surface area contributed by atoms with E-state index in [1.807, 2.05) is 0 Å². The average molecular weight is 228 g/mol. The molecule has 0 aromatic carbocycles. The van der Waals surface area contributed by atoms with Gasteiger partial charge in [-0.2, -0.15) is 11.8 Å². The van der Waals surface area contributed by atoms with Crippen molar-refractivity contribution < 1.29 is 0 Å². The van der Waals surface area contributed by atoms with E-state index in [2.05, 4.69) is 42.7 Å². The molecule has 0 aromatic heterocycles. The average Bonchev–Trinajstić information content (AvgIpc) is 2.50. The molecule has 0 aliphatic carbocycles. The maximum Gasteiger partial charge on any atom is 0.0231 e. The highest BCUT2D eigenvalue weighted by atomic mass is 32.2. The van der Waals surface area contributed by atoms with E-state index in [0.717, 1.165) is 11.8 Å². The highest BCUT2D eigenvalue weighted by Gasteiger charge is 2.30. The van der Waals surface area contributed by atoms with Crippen molar-refractivity contribution in [3.8, 4) is 0 Å². The lowest BCUT2D eigenvalue weighted by atomic mass is 9.97. The van der Waals surface area contributed by atoms with Crippen LogP contribution in [0.15, 0.2) is 0 Å². The van der Waals surface area contributed by atoms with Gasteiger partial charge in [0.15, 0.2) is 0 Å². The van der Waals surface area contributed by atoms with Crippen molar-refractivity contribution in [3.63, 3.8) is 0 Å². The zero-order valence-electron chi connectivity index (χ0n) is 10.3. The number of rotatable bonds is 2. The number of hydrogen-bond donors (Lipinski definition) is 1. The van der Waals surface area contributed by atoms with E-state index >= 15 is 0 Å². The van der Waals surface area contributed by atoms with Gasteiger partial charge in [-0.1, -0.05) is 6.92 Å². The molecule has 88 valence electrons. The minimum atomic E-state index is 0.466. The quantitative estimate of drug-likeness (QED) is 0.774. The summed E-state index contributed by atoms with van der Waals surface area (Å²) in [5, 5.41) is 3.50. The van der Waals surface area contributed by atoms with Crippen LogP contribution in [0, 0.1) is 11.8 Å². The minimum absolute atomic E-state index is 0.466. The zero-order valence-corrected chi connectivity index (χ0v) is 11.1. The lowest BCUT2D eigenvalue weighted by Crippen LogP contribution is -2.45. The lowest BCUT2D eigenvalue weighted by molar-refractivity contribution is 0.209. The molecule has 0 amide bonds. The smallest absolute Gasteiger partial charge is 0.0231 e. The first-order chi connectivity index (χ1) is 7.07. The standard InChI is InChI=1S/C12H24N2S/c1-10-6-13-7-11(10)8-14-4-5-15-12(2,3)9-14/h10-11,13H,4-9H2,1-3H3/t10-,11+/m1/s1. The van der Waals surface area contributed by atoms with Crippen LogP contribution < -0.4 is 5.32 Å². The Bertz CT molecular complexity index is 218. The Labute approximate surface area is 98.2 Å². The summed E-state index contributed by atoms with van der Waals surface area (Å²) in [6.07, 6.45) is 0. The van der Waals surface area contributed by atoms with E-state index in [1.54, 1.807) is 0 Å². The third-order valence-electron chi connectivity index (χ3n) is 3.67. The number of hydrogen-bond acceptors (Lipinski definition) is 3. The van der Waals surface area contributed by atoms with Crippen molar-refractivity contribution in [2.45, 2.75) is 25.5 Å². The summed E-state index contributed by atoms with van der Waals surface area (Å²) >= 11 is 2.13. The first-order valence-corrected chi connectivity index (χ1v) is 7.12.